The van der Waals surface area contributed by atoms with E-state index < -0.39 is 192 Å². The van der Waals surface area contributed by atoms with Gasteiger partial charge in [-0.25, -0.2) is 36.4 Å². The number of nitrogens with one attached hydrogen (secondary N) is 5. The number of Topliss-reactive ketones (excluding diaryl/α,β-unsaturated/α-hetero) is 2. The number of fused-ring (bicyclic) bond motifs is 8. The Hall–Kier alpha value is -11.0. The molecular formula is C99H132Cl2N14O24S3. The molecule has 774 valence electrons. The lowest BCUT2D eigenvalue weighted by atomic mass is 9.88. The second-order valence-corrected chi connectivity index (χ2v) is 43.9. The van der Waals surface area contributed by atoms with Gasteiger partial charge in [0.05, 0.1) is 41.1 Å². The molecule has 8 aliphatic rings. The summed E-state index contributed by atoms with van der Waals surface area (Å²) in [4.78, 5) is 200. The van der Waals surface area contributed by atoms with Crippen LogP contribution in [0.3, 0.4) is 0 Å². The minimum atomic E-state index is -3.87. The molecule has 7 fully saturated rings. The summed E-state index contributed by atoms with van der Waals surface area (Å²) in [7, 11) is -1.88. The fraction of sp³-hybridized carbons (Fsp3) is 0.545. The molecule has 13 rings (SSSR count). The number of aromatic nitrogens is 2. The number of oxazole rings is 1. The average molecular weight is 2070 g/mol. The Labute approximate surface area is 842 Å². The molecule has 8 aliphatic heterocycles. The minimum Gasteiger partial charge on any atom is -0.505 e. The second kappa shape index (κ2) is 52.0. The van der Waals surface area contributed by atoms with E-state index in [1.54, 1.807) is 81.1 Å². The molecule has 0 saturated carbocycles. The van der Waals surface area contributed by atoms with Crippen LogP contribution in [0.1, 0.15) is 162 Å². The molecular weight excluding hydrogens is 1940 g/mol. The van der Waals surface area contributed by atoms with E-state index in [-0.39, 0.29) is 129 Å². The lowest BCUT2D eigenvalue weighted by Gasteiger charge is -2.45. The summed E-state index contributed by atoms with van der Waals surface area (Å²) in [6.07, 6.45) is 8.92. The summed E-state index contributed by atoms with van der Waals surface area (Å²) in [5, 5.41) is 52.4. The number of amides is 9. The molecule has 9 amide bonds. The highest BCUT2D eigenvalue weighted by molar-refractivity contribution is 8.00. The van der Waals surface area contributed by atoms with Crippen molar-refractivity contribution in [3.8, 4) is 5.75 Å². The number of sulfone groups is 2. The third-order valence-corrected chi connectivity index (χ3v) is 31.8. The van der Waals surface area contributed by atoms with Gasteiger partial charge in [-0.3, -0.25) is 52.7 Å². The quantitative estimate of drug-likeness (QED) is 0.0307. The van der Waals surface area contributed by atoms with Crippen LogP contribution in [0.25, 0.3) is 0 Å². The number of benzene rings is 3. The van der Waals surface area contributed by atoms with E-state index >= 15 is 14.4 Å². The molecule has 3 aromatic carbocycles. The van der Waals surface area contributed by atoms with Gasteiger partial charge in [-0.05, 0) is 150 Å². The van der Waals surface area contributed by atoms with Gasteiger partial charge >= 0.3 is 11.9 Å². The highest BCUT2D eigenvalue weighted by atomic mass is 35.5. The molecule has 0 spiro atoms. The van der Waals surface area contributed by atoms with Gasteiger partial charge in [-0.2, -0.15) is 11.8 Å². The van der Waals surface area contributed by atoms with Crippen molar-refractivity contribution < 1.29 is 113 Å². The molecule has 38 nitrogen and oxygen atoms in total. The van der Waals surface area contributed by atoms with Crippen molar-refractivity contribution >= 4 is 137 Å². The smallest absolute Gasteiger partial charge is 0.333 e. The minimum absolute atomic E-state index is 0.0243. The van der Waals surface area contributed by atoms with Crippen molar-refractivity contribution in [3.63, 3.8) is 0 Å². The molecule has 0 aliphatic carbocycles. The van der Waals surface area contributed by atoms with E-state index in [1.165, 1.54) is 83.4 Å². The lowest BCUT2D eigenvalue weighted by Crippen LogP contribution is -2.63. The number of allylic oxidation sites excluding steroid dienone is 2. The van der Waals surface area contributed by atoms with Crippen molar-refractivity contribution in [2.45, 2.75) is 213 Å². The van der Waals surface area contributed by atoms with Crippen LogP contribution in [-0.2, 0) is 94.7 Å². The van der Waals surface area contributed by atoms with Crippen molar-refractivity contribution in [1.29, 1.82) is 0 Å². The van der Waals surface area contributed by atoms with Gasteiger partial charge in [0, 0.05) is 121 Å². The Balaban J connectivity index is 0.000000256. The number of carbonyl (C=O) groups excluding carboxylic acids is 13. The number of thioether (sulfide) groups is 1. The first-order valence-corrected chi connectivity index (χ1v) is 53.3. The first kappa shape index (κ1) is 113. The monoisotopic (exact) mass is 2070 g/mol. The van der Waals surface area contributed by atoms with Gasteiger partial charge in [0.25, 0.3) is 17.7 Å². The number of carbonyl (C=O) groups is 13. The van der Waals surface area contributed by atoms with Crippen molar-refractivity contribution in [3.05, 3.63) is 173 Å². The van der Waals surface area contributed by atoms with Crippen molar-refractivity contribution in [2.75, 3.05) is 116 Å². The van der Waals surface area contributed by atoms with Gasteiger partial charge in [-0.15, -0.1) is 0 Å². The van der Waals surface area contributed by atoms with Crippen LogP contribution in [0.15, 0.2) is 149 Å². The number of ketones is 2. The molecule has 0 unspecified atom stereocenters. The summed E-state index contributed by atoms with van der Waals surface area (Å²) in [6, 6.07) is 13.2. The van der Waals surface area contributed by atoms with Crippen molar-refractivity contribution in [2.24, 2.45) is 23.7 Å². The predicted molar refractivity (Wildman–Crippen MR) is 531 cm³/mol. The Morgan fingerprint density at radius 2 is 1.46 bits per heavy atom. The number of halogens is 2. The number of nitrogens with zero attached hydrogens (tertiary/aromatic N) is 9. The maximum Gasteiger partial charge on any atom is 0.333 e. The molecule has 43 heteroatoms. The molecule has 142 heavy (non-hydrogen) atoms. The van der Waals surface area contributed by atoms with Crippen LogP contribution in [0, 0.1) is 23.7 Å². The van der Waals surface area contributed by atoms with Crippen LogP contribution in [0.5, 0.6) is 5.75 Å². The maximum absolute atomic E-state index is 15.7. The number of ether oxygens (including phenoxy) is 2. The van der Waals surface area contributed by atoms with Crippen LogP contribution in [0.2, 0.25) is 0 Å². The van der Waals surface area contributed by atoms with E-state index in [9.17, 15) is 85.2 Å². The number of cyclic esters (lactones) is 2. The second-order valence-electron chi connectivity index (χ2n) is 37.2. The zero-order valence-corrected chi connectivity index (χ0v) is 85.9. The normalized spacial score (nSPS) is 26.8. The zero-order chi connectivity index (χ0) is 104. The SMILES string of the molecule is CCN(CC)CCS(=O)(=O)[C@@H]1CCN2C(=O)c3coc(n3)CC(=O)C[C@H](O)/C=C(C)\C=C/CNC(=O)/C=C\[C@@H](C)[C@@H](C(C)C)OC(=O)[C@@H]12.CC[C@@H]1NC(=O)[C@@H](NC(=O)c2ncccc2O)[C@@H](C)OC(=O)[C@H](c2ccccc2)NC(=O)[C@@H]2CC(=O)[C@H](CS[C@@H]3CN4CCC3CC4)CN2C(=O)[C@H](Cc2ccc(N(C)C)cc2)N(C)C(=O)[C@@H]2CCCN2C1=O.CS(=O)(=O)c1ccc([C@@H](O)[C@@H](CO)NC(=O)C(Cl)Cl)cc1. The largest absolute Gasteiger partial charge is 0.505 e. The number of piperidine rings is 4. The molecule has 0 radical (unpaired) electrons. The van der Waals surface area contributed by atoms with E-state index in [0.717, 1.165) is 61.1 Å². The van der Waals surface area contributed by atoms with E-state index in [2.05, 4.69) is 41.5 Å². The highest BCUT2D eigenvalue weighted by Gasteiger charge is 2.53. The number of hydrogen-bond acceptors (Lipinski definition) is 30. The Bertz CT molecular complexity index is 5610. The number of aliphatic hydroxyl groups excluding tert-OH is 3. The van der Waals surface area contributed by atoms with Crippen molar-refractivity contribution in [1.82, 2.24) is 66.0 Å². The first-order chi connectivity index (χ1) is 67.3. The standard InChI is InChI=1S/C53H67N9O10S.C34H50N4O9S.C12H15Cl2NO5S/c1-6-37-50(68)61-23-11-14-38(61)51(69)59(5)40(26-32-16-18-36(19-17-32)58(3)4)52(70)62-28-35(30-73-43-29-60-24-20-33(43)21-25-60)42(64)27-39(62)47(65)57-45(34-12-8-7-9-13-34)53(71)72-31(2)44(48(66)55-37)56-49(67)46-41(63)15-10-22-54-46;1-7-37(8-2)16-17-48(44,45)28-13-15-38-31(28)34(43)47-32(22(3)4)24(6)11-12-29(41)35-14-9-10-23(5)18-25(39)19-26(40)20-30-36-27(21-46-30)33(38)42;1-21(19,20)8-4-2-7(3-5-8)10(17)9(6-16)15-12(18)11(13)14/h7-10,12-13,15-19,22,31,33,35,37-40,43-45,63H,6,11,14,20-21,23-30H2,1-5H3,(H,55,66)(H,56,67)(H,57,65);9-12,18,21-22,24-25,28,31-32,39H,7-8,13-17,19-20H2,1-6H3,(H,35,41);2-5,9-11,16-17H,6H2,1H3,(H,15,18)/b;10-9-,12-11-,23-18-;/t31-,35+,37+,38+,39+,40+,43-,44+,45+;24-,25-,28-,31-,32-;9-,10-/m111/s1. The lowest BCUT2D eigenvalue weighted by molar-refractivity contribution is -0.158. The number of hydrogen-bond donors (Lipinski definition) is 9. The Morgan fingerprint density at radius 3 is 2.08 bits per heavy atom. The van der Waals surface area contributed by atoms with Crippen LogP contribution < -0.4 is 31.5 Å². The van der Waals surface area contributed by atoms with E-state index in [4.69, 9.17) is 37.1 Å². The molecule has 4 bridgehead atoms. The maximum atomic E-state index is 15.7. The number of anilines is 1. The topological polar surface area (TPSA) is 511 Å². The summed E-state index contributed by atoms with van der Waals surface area (Å²) in [6.45, 7) is 18.4. The van der Waals surface area contributed by atoms with Crippen LogP contribution >= 0.6 is 35.0 Å². The predicted octanol–water partition coefficient (Wildman–Crippen LogP) is 5.00. The van der Waals surface area contributed by atoms with E-state index in [0.29, 0.717) is 47.6 Å². The number of esters is 2. The molecule has 10 heterocycles. The Kier molecular flexibility index (Phi) is 41.3. The average Bonchev–Trinajstić information content (AvgIpc) is 1.51. The van der Waals surface area contributed by atoms with Gasteiger partial charge in [0.1, 0.15) is 78.1 Å². The molecule has 7 saturated heterocycles. The number of aliphatic hydroxyl groups is 3. The van der Waals surface area contributed by atoms with Gasteiger partial charge in [0.15, 0.2) is 41.9 Å². The van der Waals surface area contributed by atoms with Gasteiger partial charge in [-0.1, -0.05) is 149 Å². The molecule has 16 atom stereocenters. The number of rotatable bonds is 23. The fourth-order valence-corrected chi connectivity index (χ4v) is 22.7. The highest BCUT2D eigenvalue weighted by Crippen LogP contribution is 2.39. The van der Waals surface area contributed by atoms with E-state index in [1.807, 2.05) is 75.9 Å². The first-order valence-electron chi connectivity index (χ1n) is 47.7. The fourth-order valence-electron chi connectivity index (χ4n) is 18.4. The molecule has 9 N–H and O–H groups in total. The zero-order valence-electron chi connectivity index (χ0n) is 81.9. The van der Waals surface area contributed by atoms with Gasteiger partial charge < -0.3 is 95.2 Å². The summed E-state index contributed by atoms with van der Waals surface area (Å²) in [5.74, 6) is -9.80. The third-order valence-electron chi connectivity index (χ3n) is 26.6. The summed E-state index contributed by atoms with van der Waals surface area (Å²) >= 11 is 12.5. The number of pyridine rings is 1. The van der Waals surface area contributed by atoms with Crippen LogP contribution in [0.4, 0.5) is 5.69 Å². The third kappa shape index (κ3) is 30.1. The van der Waals surface area contributed by atoms with Crippen LogP contribution in [-0.4, -0.2) is 340 Å². The summed E-state index contributed by atoms with van der Waals surface area (Å²) < 4.78 is 67.5. The molecule has 2 aromatic heterocycles. The number of aromatic hydroxyl groups is 1. The Morgan fingerprint density at radius 1 is 0.768 bits per heavy atom. The number of alkyl halides is 2. The molecule has 5 aromatic rings. The van der Waals surface area contributed by atoms with Gasteiger partial charge in [0.2, 0.25) is 41.3 Å². The summed E-state index contributed by atoms with van der Waals surface area (Å²) in [5.41, 5.74) is 2.33. The number of likely N-dealkylation sites (N-methyl/N-ethyl adjacent to an activating group) is 1.